The van der Waals surface area contributed by atoms with E-state index in [1.54, 1.807) is 29.6 Å². The number of aliphatic hydroxyl groups is 1. The van der Waals surface area contributed by atoms with E-state index in [2.05, 4.69) is 10.3 Å². The second-order valence-electron chi connectivity index (χ2n) is 3.74. The summed E-state index contributed by atoms with van der Waals surface area (Å²) in [4.78, 5) is 12.5. The number of Topliss-reactive ketones (excluding diaryl/α,β-unsaturated/α-hetero) is 1. The zero-order chi connectivity index (χ0) is 12.5. The minimum Gasteiger partial charge on any atom is -0.365 e. The maximum Gasteiger partial charge on any atom is 0.223 e. The van der Waals surface area contributed by atoms with Gasteiger partial charge in [-0.3, -0.25) is 4.79 Å². The Bertz CT molecular complexity index is 690. The highest BCUT2D eigenvalue weighted by atomic mass is 32.1. The zero-order valence-corrected chi connectivity index (χ0v) is 10.0. The van der Waals surface area contributed by atoms with Gasteiger partial charge in [-0.15, -0.1) is 16.4 Å². The van der Waals surface area contributed by atoms with Gasteiger partial charge in [-0.05, 0) is 23.6 Å². The van der Waals surface area contributed by atoms with Gasteiger partial charge in [0.1, 0.15) is 5.52 Å². The minimum atomic E-state index is -1.34. The molecule has 90 valence electrons. The SMILES string of the molecule is O=C(c1cccs1)[C@H](O)n1nnc2ccccc21. The summed E-state index contributed by atoms with van der Waals surface area (Å²) >= 11 is 1.29. The van der Waals surface area contributed by atoms with Crippen LogP contribution in [-0.2, 0) is 0 Å². The number of aliphatic hydroxyl groups excluding tert-OH is 1. The van der Waals surface area contributed by atoms with E-state index in [-0.39, 0.29) is 5.78 Å². The van der Waals surface area contributed by atoms with Crippen molar-refractivity contribution in [3.8, 4) is 0 Å². The third-order valence-corrected chi connectivity index (χ3v) is 3.49. The van der Waals surface area contributed by atoms with Crippen molar-refractivity contribution in [3.05, 3.63) is 46.7 Å². The number of aromatic nitrogens is 3. The Balaban J connectivity index is 2.02. The Morgan fingerprint density at radius 3 is 2.89 bits per heavy atom. The van der Waals surface area contributed by atoms with Crippen molar-refractivity contribution in [2.75, 3.05) is 0 Å². The van der Waals surface area contributed by atoms with E-state index in [9.17, 15) is 9.90 Å². The highest BCUT2D eigenvalue weighted by molar-refractivity contribution is 7.12. The minimum absolute atomic E-state index is 0.374. The summed E-state index contributed by atoms with van der Waals surface area (Å²) in [5.74, 6) is -0.374. The highest BCUT2D eigenvalue weighted by Crippen LogP contribution is 2.19. The fourth-order valence-corrected chi connectivity index (χ4v) is 2.41. The molecule has 1 N–H and O–H groups in total. The van der Waals surface area contributed by atoms with Crippen LogP contribution < -0.4 is 0 Å². The van der Waals surface area contributed by atoms with Crippen LogP contribution in [-0.4, -0.2) is 25.9 Å². The lowest BCUT2D eigenvalue weighted by molar-refractivity contribution is 0.0547. The maximum absolute atomic E-state index is 12.0. The Kier molecular flexibility index (Phi) is 2.66. The van der Waals surface area contributed by atoms with Crippen LogP contribution in [0.2, 0.25) is 0 Å². The Hall–Kier alpha value is -2.05. The van der Waals surface area contributed by atoms with Crippen molar-refractivity contribution in [1.82, 2.24) is 15.0 Å². The fourth-order valence-electron chi connectivity index (χ4n) is 1.72. The molecule has 6 heteroatoms. The second-order valence-corrected chi connectivity index (χ2v) is 4.69. The molecule has 1 atom stereocenters. The molecule has 0 saturated carbocycles. The van der Waals surface area contributed by atoms with Crippen LogP contribution in [0.25, 0.3) is 11.0 Å². The topological polar surface area (TPSA) is 68.0 Å². The third kappa shape index (κ3) is 1.71. The molecule has 1 aromatic carbocycles. The molecule has 18 heavy (non-hydrogen) atoms. The molecule has 0 fully saturated rings. The number of thiophene rings is 1. The first-order valence-corrected chi connectivity index (χ1v) is 6.21. The standard InChI is InChI=1S/C12H9N3O2S/c16-11(10-6-3-7-18-10)12(17)15-9-5-2-1-4-8(9)13-14-15/h1-7,12,17H/t12-/m0/s1. The lowest BCUT2D eigenvalue weighted by Crippen LogP contribution is -2.19. The van der Waals surface area contributed by atoms with Gasteiger partial charge in [-0.25, -0.2) is 4.68 Å². The van der Waals surface area contributed by atoms with Gasteiger partial charge in [0.05, 0.1) is 10.4 Å². The number of nitrogens with zero attached hydrogens (tertiary/aromatic N) is 3. The van der Waals surface area contributed by atoms with Crippen LogP contribution in [0.5, 0.6) is 0 Å². The summed E-state index contributed by atoms with van der Waals surface area (Å²) in [6, 6.07) is 10.6. The van der Waals surface area contributed by atoms with E-state index < -0.39 is 6.23 Å². The number of carbonyl (C=O) groups is 1. The predicted octanol–water partition coefficient (Wildman–Crippen LogP) is 1.87. The lowest BCUT2D eigenvalue weighted by atomic mass is 10.2. The number of hydrogen-bond donors (Lipinski definition) is 1. The first-order chi connectivity index (χ1) is 8.77. The van der Waals surface area contributed by atoms with Gasteiger partial charge < -0.3 is 5.11 Å². The van der Waals surface area contributed by atoms with E-state index in [1.165, 1.54) is 16.0 Å². The first kappa shape index (κ1) is 11.1. The summed E-state index contributed by atoms with van der Waals surface area (Å²) < 4.78 is 1.23. The average molecular weight is 259 g/mol. The molecular weight excluding hydrogens is 250 g/mol. The summed E-state index contributed by atoms with van der Waals surface area (Å²) in [7, 11) is 0. The largest absolute Gasteiger partial charge is 0.365 e. The van der Waals surface area contributed by atoms with Gasteiger partial charge in [-0.1, -0.05) is 23.4 Å². The Morgan fingerprint density at radius 2 is 2.11 bits per heavy atom. The third-order valence-electron chi connectivity index (χ3n) is 2.61. The lowest BCUT2D eigenvalue weighted by Gasteiger charge is -2.08. The van der Waals surface area contributed by atoms with Gasteiger partial charge >= 0.3 is 0 Å². The van der Waals surface area contributed by atoms with Crippen molar-refractivity contribution in [2.24, 2.45) is 0 Å². The molecule has 0 radical (unpaired) electrons. The number of hydrogen-bond acceptors (Lipinski definition) is 5. The molecule has 3 aromatic rings. The molecule has 2 aromatic heterocycles. The fraction of sp³-hybridized carbons (Fsp3) is 0.0833. The van der Waals surface area contributed by atoms with Crippen molar-refractivity contribution < 1.29 is 9.90 Å². The highest BCUT2D eigenvalue weighted by Gasteiger charge is 2.22. The van der Waals surface area contributed by atoms with E-state index in [4.69, 9.17) is 0 Å². The number of rotatable bonds is 3. The Labute approximate surface area is 106 Å². The van der Waals surface area contributed by atoms with E-state index >= 15 is 0 Å². The van der Waals surface area contributed by atoms with E-state index in [0.29, 0.717) is 15.9 Å². The number of benzene rings is 1. The van der Waals surface area contributed by atoms with Gasteiger partial charge in [0, 0.05) is 0 Å². The first-order valence-electron chi connectivity index (χ1n) is 5.33. The van der Waals surface area contributed by atoms with Crippen LogP contribution in [0.15, 0.2) is 41.8 Å². The molecule has 2 heterocycles. The van der Waals surface area contributed by atoms with Crippen LogP contribution >= 0.6 is 11.3 Å². The molecule has 3 rings (SSSR count). The molecule has 0 amide bonds. The molecule has 0 aliphatic rings. The van der Waals surface area contributed by atoms with Crippen molar-refractivity contribution in [3.63, 3.8) is 0 Å². The molecule has 0 unspecified atom stereocenters. The van der Waals surface area contributed by atoms with Crippen LogP contribution in [0, 0.1) is 0 Å². The number of para-hydroxylation sites is 1. The molecule has 0 spiro atoms. The zero-order valence-electron chi connectivity index (χ0n) is 9.22. The van der Waals surface area contributed by atoms with Crippen molar-refractivity contribution in [1.29, 1.82) is 0 Å². The van der Waals surface area contributed by atoms with Gasteiger partial charge in [0.2, 0.25) is 12.0 Å². The van der Waals surface area contributed by atoms with Gasteiger partial charge in [0.15, 0.2) is 0 Å². The van der Waals surface area contributed by atoms with Crippen molar-refractivity contribution in [2.45, 2.75) is 6.23 Å². The van der Waals surface area contributed by atoms with Crippen LogP contribution in [0.4, 0.5) is 0 Å². The van der Waals surface area contributed by atoms with E-state index in [1.807, 2.05) is 12.1 Å². The molecule has 0 saturated heterocycles. The smallest absolute Gasteiger partial charge is 0.223 e. The van der Waals surface area contributed by atoms with Crippen LogP contribution in [0.1, 0.15) is 15.9 Å². The maximum atomic E-state index is 12.0. The predicted molar refractivity (Wildman–Crippen MR) is 67.4 cm³/mol. The van der Waals surface area contributed by atoms with Crippen LogP contribution in [0.3, 0.4) is 0 Å². The Morgan fingerprint density at radius 1 is 1.28 bits per heavy atom. The van der Waals surface area contributed by atoms with Crippen molar-refractivity contribution >= 4 is 28.2 Å². The number of fused-ring (bicyclic) bond motifs is 1. The molecular formula is C12H9N3O2S. The summed E-state index contributed by atoms with van der Waals surface area (Å²) in [5.41, 5.74) is 1.28. The van der Waals surface area contributed by atoms with E-state index in [0.717, 1.165) is 0 Å². The quantitative estimate of drug-likeness (QED) is 0.729. The molecule has 0 aliphatic heterocycles. The molecule has 5 nitrogen and oxygen atoms in total. The van der Waals surface area contributed by atoms with Gasteiger partial charge in [-0.2, -0.15) is 0 Å². The summed E-state index contributed by atoms with van der Waals surface area (Å²) in [5, 5.41) is 19.6. The number of carbonyl (C=O) groups excluding carboxylic acids is 1. The second kappa shape index (κ2) is 4.32. The normalized spacial score (nSPS) is 12.7. The summed E-state index contributed by atoms with van der Waals surface area (Å²) in [6.07, 6.45) is -1.34. The number of ketones is 1. The average Bonchev–Trinajstić information content (AvgIpc) is 3.06. The molecule has 0 aliphatic carbocycles. The summed E-state index contributed by atoms with van der Waals surface area (Å²) in [6.45, 7) is 0. The monoisotopic (exact) mass is 259 g/mol. The molecule has 0 bridgehead atoms. The van der Waals surface area contributed by atoms with Gasteiger partial charge in [0.25, 0.3) is 0 Å².